The number of piperazine rings is 1. The lowest BCUT2D eigenvalue weighted by molar-refractivity contribution is -0.117. The predicted molar refractivity (Wildman–Crippen MR) is 114 cm³/mol. The summed E-state index contributed by atoms with van der Waals surface area (Å²) in [5, 5.41) is 7.24. The zero-order chi connectivity index (χ0) is 19.9. The van der Waals surface area contributed by atoms with E-state index in [1.54, 1.807) is 24.3 Å². The van der Waals surface area contributed by atoms with Crippen molar-refractivity contribution in [3.8, 4) is 0 Å². The van der Waals surface area contributed by atoms with Crippen LogP contribution < -0.4 is 10.6 Å². The maximum Gasteiger partial charge on any atom is 0.238 e. The maximum absolute atomic E-state index is 13.0. The first kappa shape index (κ1) is 20.5. The Kier molecular flexibility index (Phi) is 7.19. The Morgan fingerprint density at radius 3 is 2.43 bits per heavy atom. The van der Waals surface area contributed by atoms with Crippen molar-refractivity contribution in [2.45, 2.75) is 6.54 Å². The van der Waals surface area contributed by atoms with E-state index >= 15 is 0 Å². The number of halogens is 2. The molecule has 2 aromatic rings. The van der Waals surface area contributed by atoms with Crippen molar-refractivity contribution < 1.29 is 9.18 Å². The minimum absolute atomic E-state index is 0.0847. The third-order valence-corrected chi connectivity index (χ3v) is 5.26. The molecule has 1 aliphatic rings. The number of hydrogen-bond acceptors (Lipinski definition) is 3. The lowest BCUT2D eigenvalue weighted by Crippen LogP contribution is -2.52. The molecule has 0 unspecified atom stereocenters. The Bertz CT molecular complexity index is 825. The van der Waals surface area contributed by atoms with Gasteiger partial charge in [-0.3, -0.25) is 9.69 Å². The zero-order valence-electron chi connectivity index (χ0n) is 15.3. The molecule has 28 heavy (non-hydrogen) atoms. The Hall–Kier alpha value is -2.22. The second kappa shape index (κ2) is 9.82. The molecule has 1 saturated heterocycles. The van der Waals surface area contributed by atoms with E-state index in [-0.39, 0.29) is 11.7 Å². The SMILES string of the molecule is O=C(CN1CCN(C(=S)NCc2ccc(F)cc2)CC1)Nc1ccccc1Cl. The molecule has 0 aliphatic carbocycles. The summed E-state index contributed by atoms with van der Waals surface area (Å²) in [6.07, 6.45) is 0. The van der Waals surface area contributed by atoms with E-state index in [1.807, 2.05) is 12.1 Å². The third kappa shape index (κ3) is 5.89. The van der Waals surface area contributed by atoms with E-state index in [2.05, 4.69) is 20.4 Å². The standard InChI is InChI=1S/C20H22ClFN4OS/c21-17-3-1-2-4-18(17)24-19(27)14-25-9-11-26(12-10-25)20(28)23-13-15-5-7-16(22)8-6-15/h1-8H,9-14H2,(H,23,28)(H,24,27). The molecule has 5 nitrogen and oxygen atoms in total. The van der Waals surface area contributed by atoms with Crippen molar-refractivity contribution in [1.29, 1.82) is 0 Å². The van der Waals surface area contributed by atoms with Gasteiger partial charge >= 0.3 is 0 Å². The lowest BCUT2D eigenvalue weighted by atomic mass is 10.2. The summed E-state index contributed by atoms with van der Waals surface area (Å²) in [5.74, 6) is -0.334. The molecule has 0 bridgehead atoms. The summed E-state index contributed by atoms with van der Waals surface area (Å²) < 4.78 is 13.0. The number of carbonyl (C=O) groups is 1. The fraction of sp³-hybridized carbons (Fsp3) is 0.300. The maximum atomic E-state index is 13.0. The molecule has 2 N–H and O–H groups in total. The molecule has 0 atom stereocenters. The van der Waals surface area contributed by atoms with Crippen molar-refractivity contribution >= 4 is 40.5 Å². The van der Waals surface area contributed by atoms with E-state index in [1.165, 1.54) is 12.1 Å². The van der Waals surface area contributed by atoms with E-state index < -0.39 is 0 Å². The number of anilines is 1. The number of nitrogens with one attached hydrogen (secondary N) is 2. The molecule has 3 rings (SSSR count). The van der Waals surface area contributed by atoms with Gasteiger partial charge in [-0.25, -0.2) is 4.39 Å². The van der Waals surface area contributed by atoms with Gasteiger partial charge in [0, 0.05) is 32.7 Å². The van der Waals surface area contributed by atoms with E-state index in [0.717, 1.165) is 31.7 Å². The highest BCUT2D eigenvalue weighted by atomic mass is 35.5. The molecular formula is C20H22ClFN4OS. The average molecular weight is 421 g/mol. The largest absolute Gasteiger partial charge is 0.358 e. The quantitative estimate of drug-likeness (QED) is 0.728. The van der Waals surface area contributed by atoms with Crippen molar-refractivity contribution in [1.82, 2.24) is 15.1 Å². The van der Waals surface area contributed by atoms with Crippen molar-refractivity contribution in [2.75, 3.05) is 38.0 Å². The molecule has 1 heterocycles. The molecule has 0 aromatic heterocycles. The Balaban J connectivity index is 1.40. The van der Waals surface area contributed by atoms with E-state index in [4.69, 9.17) is 23.8 Å². The first-order valence-corrected chi connectivity index (χ1v) is 9.84. The van der Waals surface area contributed by atoms with Gasteiger partial charge in [0.15, 0.2) is 5.11 Å². The number of thiocarbonyl (C=S) groups is 1. The van der Waals surface area contributed by atoms with Crippen molar-refractivity contribution in [3.63, 3.8) is 0 Å². The van der Waals surface area contributed by atoms with Gasteiger partial charge in [0.1, 0.15) is 5.82 Å². The molecule has 0 spiro atoms. The van der Waals surface area contributed by atoms with Gasteiger partial charge in [0.05, 0.1) is 17.3 Å². The van der Waals surface area contributed by atoms with Gasteiger partial charge < -0.3 is 15.5 Å². The van der Waals surface area contributed by atoms with E-state index in [0.29, 0.717) is 28.9 Å². The minimum Gasteiger partial charge on any atom is -0.358 e. The third-order valence-electron chi connectivity index (χ3n) is 4.53. The number of carbonyl (C=O) groups excluding carboxylic acids is 1. The normalized spacial score (nSPS) is 14.6. The van der Waals surface area contributed by atoms with Gasteiger partial charge in [0.25, 0.3) is 0 Å². The van der Waals surface area contributed by atoms with E-state index in [9.17, 15) is 9.18 Å². The Morgan fingerprint density at radius 1 is 1.07 bits per heavy atom. The molecule has 2 aromatic carbocycles. The fourth-order valence-electron chi connectivity index (χ4n) is 2.96. The van der Waals surface area contributed by atoms with Crippen LogP contribution in [-0.2, 0) is 11.3 Å². The highest BCUT2D eigenvalue weighted by Crippen LogP contribution is 2.20. The topological polar surface area (TPSA) is 47.6 Å². The molecule has 148 valence electrons. The second-order valence-corrected chi connectivity index (χ2v) is 7.37. The molecular weight excluding hydrogens is 399 g/mol. The van der Waals surface area contributed by atoms with Crippen LogP contribution in [0, 0.1) is 5.82 Å². The molecule has 1 amide bonds. The smallest absolute Gasteiger partial charge is 0.238 e. The number of benzene rings is 2. The van der Waals surface area contributed by atoms with Gasteiger partial charge in [-0.1, -0.05) is 35.9 Å². The van der Waals surface area contributed by atoms with Crippen LogP contribution in [0.1, 0.15) is 5.56 Å². The van der Waals surface area contributed by atoms with Crippen LogP contribution in [0.25, 0.3) is 0 Å². The highest BCUT2D eigenvalue weighted by Gasteiger charge is 2.20. The summed E-state index contributed by atoms with van der Waals surface area (Å²) in [5.41, 5.74) is 1.60. The molecule has 0 saturated carbocycles. The van der Waals surface area contributed by atoms with Gasteiger partial charge in [-0.15, -0.1) is 0 Å². The van der Waals surface area contributed by atoms with Gasteiger partial charge in [0.2, 0.25) is 5.91 Å². The zero-order valence-corrected chi connectivity index (χ0v) is 16.9. The lowest BCUT2D eigenvalue weighted by Gasteiger charge is -2.35. The summed E-state index contributed by atoms with van der Waals surface area (Å²) in [6.45, 7) is 3.85. The first-order chi connectivity index (χ1) is 13.5. The van der Waals surface area contributed by atoms with Crippen LogP contribution in [0.2, 0.25) is 5.02 Å². The number of hydrogen-bond donors (Lipinski definition) is 2. The average Bonchev–Trinajstić information content (AvgIpc) is 2.69. The fourth-order valence-corrected chi connectivity index (χ4v) is 3.39. The number of nitrogens with zero attached hydrogens (tertiary/aromatic N) is 2. The van der Waals surface area contributed by atoms with Crippen LogP contribution in [0.3, 0.4) is 0 Å². The van der Waals surface area contributed by atoms with Gasteiger partial charge in [-0.2, -0.15) is 0 Å². The van der Waals surface area contributed by atoms with Crippen LogP contribution in [-0.4, -0.2) is 53.5 Å². The van der Waals surface area contributed by atoms with Crippen LogP contribution in [0.4, 0.5) is 10.1 Å². The van der Waals surface area contributed by atoms with Crippen LogP contribution in [0.15, 0.2) is 48.5 Å². The van der Waals surface area contributed by atoms with Crippen molar-refractivity contribution in [2.24, 2.45) is 0 Å². The van der Waals surface area contributed by atoms with Crippen molar-refractivity contribution in [3.05, 3.63) is 64.9 Å². The Morgan fingerprint density at radius 2 is 1.75 bits per heavy atom. The number of para-hydroxylation sites is 1. The Labute approximate surface area is 174 Å². The van der Waals surface area contributed by atoms with Crippen LogP contribution in [0.5, 0.6) is 0 Å². The summed E-state index contributed by atoms with van der Waals surface area (Å²) >= 11 is 11.5. The number of rotatable bonds is 5. The summed E-state index contributed by atoms with van der Waals surface area (Å²) in [7, 11) is 0. The summed E-state index contributed by atoms with van der Waals surface area (Å²) in [4.78, 5) is 16.4. The summed E-state index contributed by atoms with van der Waals surface area (Å²) in [6, 6.07) is 13.5. The monoisotopic (exact) mass is 420 g/mol. The molecule has 8 heteroatoms. The minimum atomic E-state index is -0.249. The molecule has 0 radical (unpaired) electrons. The predicted octanol–water partition coefficient (Wildman–Crippen LogP) is 3.11. The van der Waals surface area contributed by atoms with Gasteiger partial charge in [-0.05, 0) is 42.0 Å². The molecule has 1 fully saturated rings. The van der Waals surface area contributed by atoms with Crippen LogP contribution >= 0.6 is 23.8 Å². The second-order valence-electron chi connectivity index (χ2n) is 6.58. The molecule has 1 aliphatic heterocycles. The first-order valence-electron chi connectivity index (χ1n) is 9.05. The number of amides is 1. The highest BCUT2D eigenvalue weighted by molar-refractivity contribution is 7.80.